The third-order valence-corrected chi connectivity index (χ3v) is 4.55. The second-order valence-corrected chi connectivity index (χ2v) is 6.32. The molecule has 0 bridgehead atoms. The van der Waals surface area contributed by atoms with Crippen molar-refractivity contribution in [2.24, 2.45) is 5.92 Å². The zero-order valence-corrected chi connectivity index (χ0v) is 14.8. The number of allylic oxidation sites excluding steroid dienone is 3. The topological polar surface area (TPSA) is 43.4 Å². The molecule has 0 unspecified atom stereocenters. The van der Waals surface area contributed by atoms with Crippen molar-refractivity contribution < 1.29 is 14.3 Å². The number of ether oxygens (including phenoxy) is 1. The lowest BCUT2D eigenvalue weighted by molar-refractivity contribution is -0.151. The molecule has 0 saturated heterocycles. The quantitative estimate of drug-likeness (QED) is 0.589. The van der Waals surface area contributed by atoms with Crippen LogP contribution in [0.25, 0.3) is 6.08 Å². The van der Waals surface area contributed by atoms with Crippen LogP contribution in [-0.4, -0.2) is 18.4 Å². The summed E-state index contributed by atoms with van der Waals surface area (Å²) in [7, 11) is 0. The predicted octanol–water partition coefficient (Wildman–Crippen LogP) is 4.56. The van der Waals surface area contributed by atoms with Crippen LogP contribution in [0.4, 0.5) is 0 Å². The van der Waals surface area contributed by atoms with Crippen LogP contribution in [0, 0.1) is 5.92 Å². The van der Waals surface area contributed by atoms with Crippen molar-refractivity contribution in [2.45, 2.75) is 19.3 Å². The van der Waals surface area contributed by atoms with Crippen LogP contribution in [0.3, 0.4) is 0 Å². The molecule has 0 amide bonds. The highest BCUT2D eigenvalue weighted by molar-refractivity contribution is 6.07. The van der Waals surface area contributed by atoms with Gasteiger partial charge in [-0.05, 0) is 36.1 Å². The summed E-state index contributed by atoms with van der Waals surface area (Å²) in [5, 5.41) is 0. The number of ketones is 1. The monoisotopic (exact) mass is 346 g/mol. The molecule has 1 aliphatic carbocycles. The Balaban J connectivity index is 1.90. The number of benzene rings is 2. The van der Waals surface area contributed by atoms with Gasteiger partial charge in [0.15, 0.2) is 5.78 Å². The molecule has 3 nitrogen and oxygen atoms in total. The van der Waals surface area contributed by atoms with Crippen molar-refractivity contribution in [2.75, 3.05) is 6.61 Å². The van der Waals surface area contributed by atoms with Crippen LogP contribution in [0.5, 0.6) is 0 Å². The van der Waals surface area contributed by atoms with E-state index in [1.165, 1.54) is 0 Å². The Morgan fingerprint density at radius 3 is 2.35 bits per heavy atom. The summed E-state index contributed by atoms with van der Waals surface area (Å²) in [5.74, 6) is -1.60. The van der Waals surface area contributed by atoms with Gasteiger partial charge in [0.25, 0.3) is 0 Å². The van der Waals surface area contributed by atoms with Gasteiger partial charge in [-0.15, -0.1) is 0 Å². The van der Waals surface area contributed by atoms with E-state index in [1.807, 2.05) is 72.8 Å². The van der Waals surface area contributed by atoms with Gasteiger partial charge in [-0.1, -0.05) is 72.8 Å². The van der Waals surface area contributed by atoms with E-state index >= 15 is 0 Å². The molecule has 2 aromatic carbocycles. The smallest absolute Gasteiger partial charge is 0.317 e. The van der Waals surface area contributed by atoms with Gasteiger partial charge in [0, 0.05) is 5.92 Å². The molecule has 0 aliphatic heterocycles. The second-order valence-electron chi connectivity index (χ2n) is 6.32. The van der Waals surface area contributed by atoms with Gasteiger partial charge in [0.2, 0.25) is 0 Å². The van der Waals surface area contributed by atoms with Crippen LogP contribution in [0.1, 0.15) is 30.4 Å². The van der Waals surface area contributed by atoms with E-state index in [9.17, 15) is 9.59 Å². The highest BCUT2D eigenvalue weighted by Gasteiger charge is 2.38. The fraction of sp³-hybridized carbons (Fsp3) is 0.217. The van der Waals surface area contributed by atoms with Crippen LogP contribution in [-0.2, 0) is 14.3 Å². The Morgan fingerprint density at radius 1 is 1.04 bits per heavy atom. The average molecular weight is 346 g/mol. The maximum atomic E-state index is 12.7. The summed E-state index contributed by atoms with van der Waals surface area (Å²) in [6, 6.07) is 19.7. The van der Waals surface area contributed by atoms with E-state index in [0.717, 1.165) is 16.7 Å². The zero-order chi connectivity index (χ0) is 18.4. The molecule has 0 spiro atoms. The molecule has 26 heavy (non-hydrogen) atoms. The van der Waals surface area contributed by atoms with Crippen molar-refractivity contribution >= 4 is 17.8 Å². The highest BCUT2D eigenvalue weighted by Crippen LogP contribution is 2.37. The number of carbonyl (C=O) groups excluding carboxylic acids is 2. The van der Waals surface area contributed by atoms with Crippen molar-refractivity contribution in [3.05, 3.63) is 89.5 Å². The molecule has 0 N–H and O–H groups in total. The van der Waals surface area contributed by atoms with Gasteiger partial charge in [-0.2, -0.15) is 0 Å². The summed E-state index contributed by atoms with van der Waals surface area (Å²) in [4.78, 5) is 25.1. The number of esters is 1. The van der Waals surface area contributed by atoms with E-state index < -0.39 is 11.9 Å². The number of rotatable bonds is 5. The number of hydrogen-bond donors (Lipinski definition) is 0. The maximum Gasteiger partial charge on any atom is 0.317 e. The lowest BCUT2D eigenvalue weighted by atomic mass is 9.75. The van der Waals surface area contributed by atoms with E-state index in [2.05, 4.69) is 0 Å². The van der Waals surface area contributed by atoms with Gasteiger partial charge in [-0.25, -0.2) is 0 Å². The largest absolute Gasteiger partial charge is 0.465 e. The Bertz CT molecular complexity index is 819. The SMILES string of the molecule is CCOC(=O)[C@@H]1C(=O)C=C(/C=C/c2ccccc2)C[C@H]1c1ccccc1. The summed E-state index contributed by atoms with van der Waals surface area (Å²) in [6.07, 6.45) is 6.17. The molecular formula is C23H22O3. The summed E-state index contributed by atoms with van der Waals surface area (Å²) >= 11 is 0. The molecule has 0 saturated carbocycles. The van der Waals surface area contributed by atoms with E-state index in [1.54, 1.807) is 13.0 Å². The number of carbonyl (C=O) groups is 2. The van der Waals surface area contributed by atoms with Crippen molar-refractivity contribution in [3.8, 4) is 0 Å². The summed E-state index contributed by atoms with van der Waals surface area (Å²) in [5.41, 5.74) is 2.98. The van der Waals surface area contributed by atoms with E-state index in [4.69, 9.17) is 4.74 Å². The molecule has 1 aliphatic rings. The Labute approximate surface area is 154 Å². The lowest BCUT2D eigenvalue weighted by Crippen LogP contribution is -2.34. The molecule has 0 radical (unpaired) electrons. The van der Waals surface area contributed by atoms with Crippen LogP contribution in [0.15, 0.2) is 78.4 Å². The van der Waals surface area contributed by atoms with Crippen LogP contribution in [0.2, 0.25) is 0 Å². The first-order valence-corrected chi connectivity index (χ1v) is 8.88. The van der Waals surface area contributed by atoms with Crippen LogP contribution < -0.4 is 0 Å². The zero-order valence-electron chi connectivity index (χ0n) is 14.8. The Morgan fingerprint density at radius 2 is 1.69 bits per heavy atom. The molecule has 0 fully saturated rings. The minimum atomic E-state index is -0.772. The molecular weight excluding hydrogens is 324 g/mol. The first-order valence-electron chi connectivity index (χ1n) is 8.88. The first-order chi connectivity index (χ1) is 12.7. The summed E-state index contributed by atoms with van der Waals surface area (Å²) < 4.78 is 5.16. The molecule has 2 atom stereocenters. The minimum absolute atomic E-state index is 0.184. The average Bonchev–Trinajstić information content (AvgIpc) is 2.67. The third-order valence-electron chi connectivity index (χ3n) is 4.55. The minimum Gasteiger partial charge on any atom is -0.465 e. The van der Waals surface area contributed by atoms with Gasteiger partial charge in [-0.3, -0.25) is 9.59 Å². The van der Waals surface area contributed by atoms with E-state index in [-0.39, 0.29) is 18.3 Å². The second kappa shape index (κ2) is 8.43. The Kier molecular flexibility index (Phi) is 5.80. The van der Waals surface area contributed by atoms with E-state index in [0.29, 0.717) is 6.42 Å². The maximum absolute atomic E-state index is 12.7. The van der Waals surface area contributed by atoms with Crippen molar-refractivity contribution in [1.29, 1.82) is 0 Å². The molecule has 0 heterocycles. The molecule has 0 aromatic heterocycles. The van der Waals surface area contributed by atoms with Crippen molar-refractivity contribution in [3.63, 3.8) is 0 Å². The normalized spacial score (nSPS) is 20.0. The molecule has 2 aromatic rings. The molecule has 3 rings (SSSR count). The molecule has 3 heteroatoms. The van der Waals surface area contributed by atoms with Gasteiger partial charge < -0.3 is 4.74 Å². The number of hydrogen-bond acceptors (Lipinski definition) is 3. The highest BCUT2D eigenvalue weighted by atomic mass is 16.5. The standard InChI is InChI=1S/C23H22O3/c1-2-26-23(25)22-20(19-11-7-4-8-12-19)15-18(16-21(22)24)14-13-17-9-5-3-6-10-17/h3-14,16,20,22H,2,15H2,1H3/b14-13+/t20-,22-/m0/s1. The van der Waals surface area contributed by atoms with Gasteiger partial charge in [0.05, 0.1) is 6.61 Å². The fourth-order valence-electron chi connectivity index (χ4n) is 3.31. The van der Waals surface area contributed by atoms with Crippen LogP contribution >= 0.6 is 0 Å². The Hall–Kier alpha value is -2.94. The summed E-state index contributed by atoms with van der Waals surface area (Å²) in [6.45, 7) is 2.03. The third kappa shape index (κ3) is 4.17. The molecule has 132 valence electrons. The van der Waals surface area contributed by atoms with Gasteiger partial charge >= 0.3 is 5.97 Å². The predicted molar refractivity (Wildman–Crippen MR) is 102 cm³/mol. The first kappa shape index (κ1) is 17.9. The van der Waals surface area contributed by atoms with Gasteiger partial charge in [0.1, 0.15) is 5.92 Å². The van der Waals surface area contributed by atoms with Crippen molar-refractivity contribution in [1.82, 2.24) is 0 Å². The lowest BCUT2D eigenvalue weighted by Gasteiger charge is -2.28. The fourth-order valence-corrected chi connectivity index (χ4v) is 3.31.